The van der Waals surface area contributed by atoms with Crippen LogP contribution in [-0.4, -0.2) is 65.3 Å². The number of rotatable bonds is 3. The van der Waals surface area contributed by atoms with Gasteiger partial charge in [-0.05, 0) is 38.8 Å². The Labute approximate surface area is 130 Å². The zero-order valence-electron chi connectivity index (χ0n) is 12.8. The first-order valence-corrected chi connectivity index (χ1v) is 8.16. The Morgan fingerprint density at radius 2 is 1.73 bits per heavy atom. The van der Waals surface area contributed by atoms with Gasteiger partial charge in [-0.1, -0.05) is 6.42 Å². The summed E-state index contributed by atoms with van der Waals surface area (Å²) in [6.45, 7) is 3.10. The van der Waals surface area contributed by atoms with Gasteiger partial charge in [-0.15, -0.1) is 0 Å². The molecule has 0 aromatic rings. The molecule has 7 nitrogen and oxygen atoms in total. The number of hydrogen-bond acceptors (Lipinski definition) is 5. The summed E-state index contributed by atoms with van der Waals surface area (Å²) in [5, 5.41) is 2.35. The molecule has 3 heterocycles. The number of carbonyl (C=O) groups is 3. The Kier molecular flexibility index (Phi) is 4.18. The van der Waals surface area contributed by atoms with Crippen molar-refractivity contribution in [2.75, 3.05) is 26.2 Å². The van der Waals surface area contributed by atoms with Crippen LogP contribution in [0.4, 0.5) is 0 Å². The van der Waals surface area contributed by atoms with Gasteiger partial charge in [0.15, 0.2) is 0 Å². The summed E-state index contributed by atoms with van der Waals surface area (Å²) < 4.78 is 0. The summed E-state index contributed by atoms with van der Waals surface area (Å²) in [6.07, 6.45) is 4.94. The molecule has 1 atom stereocenters. The predicted octanol–water partition coefficient (Wildman–Crippen LogP) is -0.793. The third kappa shape index (κ3) is 2.63. The minimum atomic E-state index is -0.573. The summed E-state index contributed by atoms with van der Waals surface area (Å²) in [7, 11) is 0. The molecule has 0 unspecified atom stereocenters. The molecule has 3 aliphatic heterocycles. The summed E-state index contributed by atoms with van der Waals surface area (Å²) in [6, 6.07) is -0.375. The molecule has 0 radical (unpaired) electrons. The Morgan fingerprint density at radius 1 is 1.09 bits per heavy atom. The highest BCUT2D eigenvalue weighted by Gasteiger charge is 2.47. The zero-order valence-corrected chi connectivity index (χ0v) is 12.8. The number of nitrogens with one attached hydrogen (secondary N) is 1. The molecule has 22 heavy (non-hydrogen) atoms. The maximum Gasteiger partial charge on any atom is 0.244 e. The van der Waals surface area contributed by atoms with Crippen molar-refractivity contribution in [1.29, 1.82) is 0 Å². The SMILES string of the molecule is NC(=O)C1(N2CCCCC2)CCN([C@H]2CC(=O)NC2=O)CC1. The molecular formula is C15H24N4O3. The molecule has 0 spiro atoms. The minimum absolute atomic E-state index is 0.210. The second kappa shape index (κ2) is 5.96. The van der Waals surface area contributed by atoms with Gasteiger partial charge in [-0.25, -0.2) is 0 Å². The zero-order chi connectivity index (χ0) is 15.7. The van der Waals surface area contributed by atoms with Gasteiger partial charge in [-0.2, -0.15) is 0 Å². The summed E-state index contributed by atoms with van der Waals surface area (Å²) in [5.41, 5.74) is 5.18. The van der Waals surface area contributed by atoms with E-state index >= 15 is 0 Å². The third-order valence-electron chi connectivity index (χ3n) is 5.43. The van der Waals surface area contributed by atoms with Crippen molar-refractivity contribution < 1.29 is 14.4 Å². The van der Waals surface area contributed by atoms with Crippen molar-refractivity contribution in [1.82, 2.24) is 15.1 Å². The van der Waals surface area contributed by atoms with E-state index in [1.54, 1.807) is 0 Å². The van der Waals surface area contributed by atoms with E-state index in [1.165, 1.54) is 6.42 Å². The minimum Gasteiger partial charge on any atom is -0.368 e. The predicted molar refractivity (Wildman–Crippen MR) is 79.7 cm³/mol. The van der Waals surface area contributed by atoms with Crippen LogP contribution in [-0.2, 0) is 14.4 Å². The first-order chi connectivity index (χ1) is 10.5. The van der Waals surface area contributed by atoms with E-state index < -0.39 is 5.54 Å². The van der Waals surface area contributed by atoms with Gasteiger partial charge in [0, 0.05) is 13.1 Å². The highest BCUT2D eigenvalue weighted by molar-refractivity contribution is 6.05. The van der Waals surface area contributed by atoms with Crippen LogP contribution in [0, 0.1) is 0 Å². The van der Waals surface area contributed by atoms with Crippen LogP contribution >= 0.6 is 0 Å². The van der Waals surface area contributed by atoms with Crippen molar-refractivity contribution in [3.05, 3.63) is 0 Å². The molecule has 0 aromatic carbocycles. The normalized spacial score (nSPS) is 30.3. The van der Waals surface area contributed by atoms with Crippen LogP contribution in [0.2, 0.25) is 0 Å². The molecule has 3 fully saturated rings. The second-order valence-corrected chi connectivity index (χ2v) is 6.61. The smallest absolute Gasteiger partial charge is 0.244 e. The fraction of sp³-hybridized carbons (Fsp3) is 0.800. The highest BCUT2D eigenvalue weighted by atomic mass is 16.2. The summed E-state index contributed by atoms with van der Waals surface area (Å²) in [4.78, 5) is 39.6. The molecule has 0 aromatic heterocycles. The van der Waals surface area contributed by atoms with Gasteiger partial charge in [-0.3, -0.25) is 29.5 Å². The number of amides is 3. The van der Waals surface area contributed by atoms with Crippen molar-refractivity contribution in [3.8, 4) is 0 Å². The molecule has 3 saturated heterocycles. The molecule has 3 rings (SSSR count). The maximum atomic E-state index is 12.1. The van der Waals surface area contributed by atoms with E-state index in [9.17, 15) is 14.4 Å². The molecule has 0 saturated carbocycles. The third-order valence-corrected chi connectivity index (χ3v) is 5.43. The van der Waals surface area contributed by atoms with Gasteiger partial charge < -0.3 is 5.73 Å². The molecule has 0 aliphatic carbocycles. The topological polar surface area (TPSA) is 95.7 Å². The Morgan fingerprint density at radius 3 is 2.23 bits per heavy atom. The second-order valence-electron chi connectivity index (χ2n) is 6.61. The molecule has 7 heteroatoms. The van der Waals surface area contributed by atoms with Gasteiger partial charge in [0.1, 0.15) is 5.54 Å². The number of carbonyl (C=O) groups excluding carboxylic acids is 3. The Balaban J connectivity index is 1.68. The molecule has 3 N–H and O–H groups in total. The summed E-state index contributed by atoms with van der Waals surface area (Å²) in [5.74, 6) is -0.673. The fourth-order valence-corrected chi connectivity index (χ4v) is 4.08. The van der Waals surface area contributed by atoms with E-state index in [0.717, 1.165) is 25.9 Å². The quantitative estimate of drug-likeness (QED) is 0.666. The average Bonchev–Trinajstić information content (AvgIpc) is 2.86. The van der Waals surface area contributed by atoms with Crippen LogP contribution in [0.5, 0.6) is 0 Å². The number of nitrogens with zero attached hydrogens (tertiary/aromatic N) is 2. The maximum absolute atomic E-state index is 12.1. The molecule has 3 amide bonds. The van der Waals surface area contributed by atoms with Crippen LogP contribution in [0.3, 0.4) is 0 Å². The van der Waals surface area contributed by atoms with E-state index in [4.69, 9.17) is 5.73 Å². The lowest BCUT2D eigenvalue weighted by atomic mass is 9.83. The van der Waals surface area contributed by atoms with E-state index in [1.807, 2.05) is 4.90 Å². The number of imide groups is 1. The van der Waals surface area contributed by atoms with Gasteiger partial charge >= 0.3 is 0 Å². The number of nitrogens with two attached hydrogens (primary N) is 1. The lowest BCUT2D eigenvalue weighted by Gasteiger charge is -2.48. The standard InChI is InChI=1S/C15H24N4O3/c16-14(22)15(19-6-2-1-3-7-19)4-8-18(9-5-15)11-10-12(20)17-13(11)21/h11H,1-10H2,(H2,16,22)(H,17,20,21)/t11-/m0/s1. The first kappa shape index (κ1) is 15.4. The van der Waals surface area contributed by atoms with Gasteiger partial charge in [0.05, 0.1) is 12.5 Å². The first-order valence-electron chi connectivity index (χ1n) is 8.16. The number of hydrogen-bond donors (Lipinski definition) is 2. The fourth-order valence-electron chi connectivity index (χ4n) is 4.08. The molecule has 3 aliphatic rings. The number of primary amides is 1. The largest absolute Gasteiger partial charge is 0.368 e. The van der Waals surface area contributed by atoms with E-state index in [-0.39, 0.29) is 30.2 Å². The molecule has 0 bridgehead atoms. The lowest BCUT2D eigenvalue weighted by Crippen LogP contribution is -2.64. The van der Waals surface area contributed by atoms with Crippen molar-refractivity contribution in [2.45, 2.75) is 50.1 Å². The van der Waals surface area contributed by atoms with E-state index in [0.29, 0.717) is 25.9 Å². The van der Waals surface area contributed by atoms with Crippen LogP contribution in [0.15, 0.2) is 0 Å². The Bertz CT molecular complexity index is 479. The van der Waals surface area contributed by atoms with Gasteiger partial charge in [0.2, 0.25) is 17.7 Å². The molecule has 122 valence electrons. The summed E-state index contributed by atoms with van der Waals surface area (Å²) >= 11 is 0. The van der Waals surface area contributed by atoms with Crippen molar-refractivity contribution in [2.24, 2.45) is 5.73 Å². The number of piperidine rings is 2. The highest BCUT2D eigenvalue weighted by Crippen LogP contribution is 2.32. The van der Waals surface area contributed by atoms with Crippen LogP contribution < -0.4 is 11.1 Å². The van der Waals surface area contributed by atoms with Crippen LogP contribution in [0.25, 0.3) is 0 Å². The van der Waals surface area contributed by atoms with Gasteiger partial charge in [0.25, 0.3) is 0 Å². The van der Waals surface area contributed by atoms with Crippen molar-refractivity contribution >= 4 is 17.7 Å². The average molecular weight is 308 g/mol. The van der Waals surface area contributed by atoms with E-state index in [2.05, 4.69) is 10.2 Å². The van der Waals surface area contributed by atoms with Crippen molar-refractivity contribution in [3.63, 3.8) is 0 Å². The number of likely N-dealkylation sites (tertiary alicyclic amines) is 2. The monoisotopic (exact) mass is 308 g/mol. The van der Waals surface area contributed by atoms with Crippen LogP contribution in [0.1, 0.15) is 38.5 Å². The lowest BCUT2D eigenvalue weighted by molar-refractivity contribution is -0.136. The Hall–Kier alpha value is -1.47. The molecular weight excluding hydrogens is 284 g/mol.